The molecule has 0 fully saturated rings. The van der Waals surface area contributed by atoms with Crippen LogP contribution >= 0.6 is 11.3 Å². The molecule has 1 rings (SSSR count). The van der Waals surface area contributed by atoms with Crippen molar-refractivity contribution in [2.45, 2.75) is 6.92 Å². The van der Waals surface area contributed by atoms with E-state index >= 15 is 0 Å². The van der Waals surface area contributed by atoms with Crippen molar-refractivity contribution in [1.29, 1.82) is 0 Å². The molecule has 2 amide bonds. The van der Waals surface area contributed by atoms with E-state index in [9.17, 15) is 9.59 Å². The van der Waals surface area contributed by atoms with Crippen LogP contribution in [0.2, 0.25) is 0 Å². The van der Waals surface area contributed by atoms with Gasteiger partial charge >= 0.3 is 0 Å². The maximum absolute atomic E-state index is 11.9. The first-order valence-electron chi connectivity index (χ1n) is 5.06. The molecule has 0 aliphatic carbocycles. The average molecular weight is 240 g/mol. The number of nitrogens with one attached hydrogen (secondary N) is 1. The van der Waals surface area contributed by atoms with Crippen molar-refractivity contribution < 1.29 is 9.59 Å². The van der Waals surface area contributed by atoms with Crippen LogP contribution in [0.25, 0.3) is 0 Å². The minimum atomic E-state index is -0.195. The Labute approximate surface area is 99.3 Å². The highest BCUT2D eigenvalue weighted by Crippen LogP contribution is 2.12. The van der Waals surface area contributed by atoms with Crippen LogP contribution in [-0.4, -0.2) is 37.4 Å². The van der Waals surface area contributed by atoms with Gasteiger partial charge in [0, 0.05) is 20.6 Å². The smallest absolute Gasteiger partial charge is 0.263 e. The topological polar surface area (TPSA) is 49.4 Å². The van der Waals surface area contributed by atoms with E-state index in [-0.39, 0.29) is 17.7 Å². The summed E-state index contributed by atoms with van der Waals surface area (Å²) in [5.41, 5.74) is 0. The van der Waals surface area contributed by atoms with E-state index in [0.29, 0.717) is 11.4 Å². The van der Waals surface area contributed by atoms with Gasteiger partial charge < -0.3 is 10.2 Å². The van der Waals surface area contributed by atoms with Gasteiger partial charge in [-0.1, -0.05) is 13.0 Å². The van der Waals surface area contributed by atoms with Crippen LogP contribution in [0.4, 0.5) is 0 Å². The fraction of sp³-hybridized carbons (Fsp3) is 0.455. The second-order valence-corrected chi connectivity index (χ2v) is 4.63. The lowest BCUT2D eigenvalue weighted by atomic mass is 10.1. The molecule has 0 aromatic carbocycles. The van der Waals surface area contributed by atoms with Crippen LogP contribution < -0.4 is 5.32 Å². The molecule has 1 atom stereocenters. The van der Waals surface area contributed by atoms with Gasteiger partial charge in [-0.3, -0.25) is 9.59 Å². The van der Waals surface area contributed by atoms with Gasteiger partial charge in [0.2, 0.25) is 5.91 Å². The Balaban J connectivity index is 2.56. The highest BCUT2D eigenvalue weighted by molar-refractivity contribution is 7.12. The van der Waals surface area contributed by atoms with E-state index in [2.05, 4.69) is 5.32 Å². The van der Waals surface area contributed by atoms with E-state index in [1.54, 1.807) is 32.0 Å². The summed E-state index contributed by atoms with van der Waals surface area (Å²) in [5.74, 6) is -0.282. The van der Waals surface area contributed by atoms with Crippen molar-refractivity contribution in [3.63, 3.8) is 0 Å². The molecular weight excluding hydrogens is 224 g/mol. The van der Waals surface area contributed by atoms with Crippen molar-refractivity contribution >= 4 is 23.2 Å². The molecular formula is C11H16N2O2S. The first-order valence-corrected chi connectivity index (χ1v) is 5.94. The fourth-order valence-corrected chi connectivity index (χ4v) is 2.13. The largest absolute Gasteiger partial charge is 0.359 e. The number of hydrogen-bond acceptors (Lipinski definition) is 3. The van der Waals surface area contributed by atoms with Gasteiger partial charge in [0.05, 0.1) is 10.8 Å². The van der Waals surface area contributed by atoms with Gasteiger partial charge in [0.15, 0.2) is 0 Å². The van der Waals surface area contributed by atoms with Crippen LogP contribution in [0, 0.1) is 5.92 Å². The molecule has 0 spiro atoms. The second-order valence-electron chi connectivity index (χ2n) is 3.68. The molecule has 1 aromatic rings. The summed E-state index contributed by atoms with van der Waals surface area (Å²) in [6, 6.07) is 3.63. The monoisotopic (exact) mass is 240 g/mol. The number of rotatable bonds is 4. The quantitative estimate of drug-likeness (QED) is 0.859. The zero-order chi connectivity index (χ0) is 12.1. The maximum atomic E-state index is 11.9. The summed E-state index contributed by atoms with van der Waals surface area (Å²) in [7, 11) is 3.31. The zero-order valence-electron chi connectivity index (χ0n) is 9.69. The molecule has 0 aliphatic heterocycles. The Morgan fingerprint density at radius 1 is 1.56 bits per heavy atom. The lowest BCUT2D eigenvalue weighted by molar-refractivity contribution is -0.124. The van der Waals surface area contributed by atoms with Crippen LogP contribution in [0.3, 0.4) is 0 Å². The number of hydrogen-bond donors (Lipinski definition) is 1. The normalized spacial score (nSPS) is 11.9. The van der Waals surface area contributed by atoms with Crippen molar-refractivity contribution in [2.24, 2.45) is 5.92 Å². The first kappa shape index (κ1) is 12.7. The third-order valence-electron chi connectivity index (χ3n) is 2.32. The lowest BCUT2D eigenvalue weighted by Crippen LogP contribution is -2.37. The van der Waals surface area contributed by atoms with E-state index in [1.807, 2.05) is 11.4 Å². The van der Waals surface area contributed by atoms with E-state index in [0.717, 1.165) is 0 Å². The lowest BCUT2D eigenvalue weighted by Gasteiger charge is -2.20. The minimum Gasteiger partial charge on any atom is -0.359 e. The van der Waals surface area contributed by atoms with Gasteiger partial charge in [-0.15, -0.1) is 11.3 Å². The summed E-state index contributed by atoms with van der Waals surface area (Å²) >= 11 is 1.41. The number of amides is 2. The van der Waals surface area contributed by atoms with Gasteiger partial charge in [-0.05, 0) is 11.4 Å². The molecule has 16 heavy (non-hydrogen) atoms. The summed E-state index contributed by atoms with van der Waals surface area (Å²) < 4.78 is 0. The molecule has 1 N–H and O–H groups in total. The Kier molecular flexibility index (Phi) is 4.49. The van der Waals surface area contributed by atoms with Crippen molar-refractivity contribution in [2.75, 3.05) is 20.6 Å². The molecule has 0 saturated carbocycles. The number of carbonyl (C=O) groups is 2. The van der Waals surface area contributed by atoms with Crippen LogP contribution in [0.1, 0.15) is 16.6 Å². The summed E-state index contributed by atoms with van der Waals surface area (Å²) in [4.78, 5) is 25.4. The highest BCUT2D eigenvalue weighted by atomic mass is 32.1. The van der Waals surface area contributed by atoms with Crippen LogP contribution in [0.5, 0.6) is 0 Å². The Morgan fingerprint density at radius 3 is 2.75 bits per heavy atom. The predicted molar refractivity (Wildman–Crippen MR) is 64.5 cm³/mol. The molecule has 0 saturated heterocycles. The molecule has 0 aliphatic rings. The van der Waals surface area contributed by atoms with Gasteiger partial charge in [0.25, 0.3) is 5.91 Å². The number of thiophene rings is 1. The molecule has 1 aromatic heterocycles. The second kappa shape index (κ2) is 5.65. The van der Waals surface area contributed by atoms with Gasteiger partial charge in [-0.2, -0.15) is 0 Å². The SMILES string of the molecule is CNC(=O)C(C)CN(C)C(=O)c1cccs1. The Hall–Kier alpha value is -1.36. The van der Waals surface area contributed by atoms with E-state index < -0.39 is 0 Å². The minimum absolute atomic E-state index is 0.0363. The Bertz CT molecular complexity index is 362. The Morgan fingerprint density at radius 2 is 2.25 bits per heavy atom. The summed E-state index contributed by atoms with van der Waals surface area (Å²) in [6.45, 7) is 2.23. The summed E-state index contributed by atoms with van der Waals surface area (Å²) in [6.07, 6.45) is 0. The van der Waals surface area contributed by atoms with Gasteiger partial charge in [-0.25, -0.2) is 0 Å². The molecule has 5 heteroatoms. The first-order chi connectivity index (χ1) is 7.56. The van der Waals surface area contributed by atoms with Crippen LogP contribution in [0.15, 0.2) is 17.5 Å². The molecule has 0 radical (unpaired) electrons. The third kappa shape index (κ3) is 3.06. The highest BCUT2D eigenvalue weighted by Gasteiger charge is 2.18. The number of carbonyl (C=O) groups excluding carboxylic acids is 2. The zero-order valence-corrected chi connectivity index (χ0v) is 10.5. The number of nitrogens with zero attached hydrogens (tertiary/aromatic N) is 1. The standard InChI is InChI=1S/C11H16N2O2S/c1-8(10(14)12-2)7-13(3)11(15)9-5-4-6-16-9/h4-6,8H,7H2,1-3H3,(H,12,14). The van der Waals surface area contributed by atoms with Gasteiger partial charge in [0.1, 0.15) is 0 Å². The van der Waals surface area contributed by atoms with E-state index in [1.165, 1.54) is 11.3 Å². The summed E-state index contributed by atoms with van der Waals surface area (Å²) in [5, 5.41) is 4.43. The molecule has 4 nitrogen and oxygen atoms in total. The van der Waals surface area contributed by atoms with Crippen molar-refractivity contribution in [1.82, 2.24) is 10.2 Å². The molecule has 1 unspecified atom stereocenters. The maximum Gasteiger partial charge on any atom is 0.263 e. The molecule has 88 valence electrons. The third-order valence-corrected chi connectivity index (χ3v) is 3.18. The van der Waals surface area contributed by atoms with Crippen molar-refractivity contribution in [3.8, 4) is 0 Å². The molecule has 1 heterocycles. The fourth-order valence-electron chi connectivity index (χ4n) is 1.41. The average Bonchev–Trinajstić information content (AvgIpc) is 2.79. The van der Waals surface area contributed by atoms with Crippen LogP contribution in [-0.2, 0) is 4.79 Å². The van der Waals surface area contributed by atoms with Crippen molar-refractivity contribution in [3.05, 3.63) is 22.4 Å². The molecule has 0 bridgehead atoms. The van der Waals surface area contributed by atoms with E-state index in [4.69, 9.17) is 0 Å². The predicted octanol–water partition coefficient (Wildman–Crippen LogP) is 1.20.